The molecule has 0 aliphatic rings. The molecule has 0 spiro atoms. The zero-order chi connectivity index (χ0) is 20.9. The quantitative estimate of drug-likeness (QED) is 0.494. The molecule has 0 radical (unpaired) electrons. The number of pyridine rings is 1. The molecule has 0 saturated carbocycles. The number of carbonyl (C=O) groups is 1. The zero-order valence-corrected chi connectivity index (χ0v) is 16.8. The predicted molar refractivity (Wildman–Crippen MR) is 115 cm³/mol. The molecule has 1 N–H and O–H groups in total. The summed E-state index contributed by atoms with van der Waals surface area (Å²) in [5.74, 6) is 1.65. The van der Waals surface area contributed by atoms with E-state index in [1.165, 1.54) is 0 Å². The van der Waals surface area contributed by atoms with Crippen molar-refractivity contribution in [1.29, 1.82) is 0 Å². The third-order valence-electron chi connectivity index (χ3n) is 4.46. The largest absolute Gasteiger partial charge is 0.494 e. The highest BCUT2D eigenvalue weighted by molar-refractivity contribution is 6.05. The Kier molecular flexibility index (Phi) is 5.61. The van der Waals surface area contributed by atoms with Crippen LogP contribution in [0.5, 0.6) is 11.5 Å². The molecule has 2 aromatic heterocycles. The van der Waals surface area contributed by atoms with Crippen LogP contribution in [0.2, 0.25) is 0 Å². The van der Waals surface area contributed by atoms with Gasteiger partial charge in [0.15, 0.2) is 11.5 Å². The van der Waals surface area contributed by atoms with E-state index in [0.29, 0.717) is 41.8 Å². The second-order valence-corrected chi connectivity index (χ2v) is 6.55. The topological polar surface area (TPSA) is 77.8 Å². The van der Waals surface area contributed by atoms with Gasteiger partial charge in [-0.3, -0.25) is 9.20 Å². The lowest BCUT2D eigenvalue weighted by Crippen LogP contribution is -2.12. The summed E-state index contributed by atoms with van der Waals surface area (Å²) in [6.07, 6.45) is 1.91. The Hall–Kier alpha value is -3.87. The van der Waals surface area contributed by atoms with Crippen LogP contribution in [-0.2, 0) is 0 Å². The molecule has 0 aliphatic carbocycles. The number of rotatable bonds is 7. The fourth-order valence-electron chi connectivity index (χ4n) is 3.18. The summed E-state index contributed by atoms with van der Waals surface area (Å²) in [7, 11) is 0. The van der Waals surface area contributed by atoms with Gasteiger partial charge in [-0.1, -0.05) is 18.2 Å². The van der Waals surface area contributed by atoms with Crippen molar-refractivity contribution < 1.29 is 14.3 Å². The molecular formula is C23H22N4O3. The highest BCUT2D eigenvalue weighted by Gasteiger charge is 2.13. The summed E-state index contributed by atoms with van der Waals surface area (Å²) < 4.78 is 13.0. The molecule has 2 heterocycles. The Morgan fingerprint density at radius 3 is 2.43 bits per heavy atom. The van der Waals surface area contributed by atoms with Crippen LogP contribution in [0.25, 0.3) is 17.0 Å². The summed E-state index contributed by atoms with van der Waals surface area (Å²) in [6.45, 7) is 4.80. The summed E-state index contributed by atoms with van der Waals surface area (Å²) >= 11 is 0. The van der Waals surface area contributed by atoms with Crippen LogP contribution in [0.15, 0.2) is 66.9 Å². The summed E-state index contributed by atoms with van der Waals surface area (Å²) in [5.41, 5.74) is 2.73. The van der Waals surface area contributed by atoms with Crippen LogP contribution >= 0.6 is 0 Å². The first kappa shape index (κ1) is 19.4. The van der Waals surface area contributed by atoms with Gasteiger partial charge < -0.3 is 14.8 Å². The first-order chi connectivity index (χ1) is 14.7. The van der Waals surface area contributed by atoms with Crippen LogP contribution in [0.3, 0.4) is 0 Å². The van der Waals surface area contributed by atoms with E-state index < -0.39 is 0 Å². The van der Waals surface area contributed by atoms with Gasteiger partial charge in [0.25, 0.3) is 5.91 Å². The van der Waals surface area contributed by atoms with E-state index in [-0.39, 0.29) is 5.91 Å². The van der Waals surface area contributed by atoms with Crippen molar-refractivity contribution >= 4 is 17.2 Å². The van der Waals surface area contributed by atoms with Crippen molar-refractivity contribution in [1.82, 2.24) is 14.6 Å². The van der Waals surface area contributed by atoms with Crippen LogP contribution in [0, 0.1) is 0 Å². The van der Waals surface area contributed by atoms with Crippen LogP contribution in [0.1, 0.15) is 24.2 Å². The van der Waals surface area contributed by atoms with E-state index in [0.717, 1.165) is 11.2 Å². The molecule has 2 aromatic carbocycles. The Balaban J connectivity index is 1.60. The number of anilines is 1. The van der Waals surface area contributed by atoms with Gasteiger partial charge in [0.2, 0.25) is 0 Å². The minimum atomic E-state index is -0.249. The Morgan fingerprint density at radius 1 is 0.933 bits per heavy atom. The summed E-state index contributed by atoms with van der Waals surface area (Å²) in [6, 6.07) is 18.4. The van der Waals surface area contributed by atoms with Gasteiger partial charge in [0.1, 0.15) is 11.5 Å². The maximum atomic E-state index is 12.9. The number of aromatic nitrogens is 3. The van der Waals surface area contributed by atoms with E-state index in [1.807, 2.05) is 66.9 Å². The molecule has 0 atom stereocenters. The smallest absolute Gasteiger partial charge is 0.255 e. The number of ether oxygens (including phenoxy) is 2. The average molecular weight is 402 g/mol. The molecule has 7 nitrogen and oxygen atoms in total. The van der Waals surface area contributed by atoms with Crippen LogP contribution in [0.4, 0.5) is 5.69 Å². The molecule has 0 aliphatic heterocycles. The van der Waals surface area contributed by atoms with Crippen molar-refractivity contribution in [3.63, 3.8) is 0 Å². The fourth-order valence-corrected chi connectivity index (χ4v) is 3.18. The first-order valence-corrected chi connectivity index (χ1v) is 9.80. The van der Waals surface area contributed by atoms with Crippen LogP contribution in [-0.4, -0.2) is 33.7 Å². The molecule has 0 fully saturated rings. The Labute approximate surface area is 174 Å². The van der Waals surface area contributed by atoms with Crippen molar-refractivity contribution in [3.8, 4) is 22.9 Å². The van der Waals surface area contributed by atoms with Gasteiger partial charge in [-0.25, -0.2) is 0 Å². The van der Waals surface area contributed by atoms with Crippen molar-refractivity contribution in [3.05, 3.63) is 72.4 Å². The van der Waals surface area contributed by atoms with Crippen molar-refractivity contribution in [2.75, 3.05) is 18.5 Å². The molecule has 152 valence electrons. The van der Waals surface area contributed by atoms with Crippen molar-refractivity contribution in [2.24, 2.45) is 0 Å². The van der Waals surface area contributed by atoms with E-state index in [4.69, 9.17) is 9.47 Å². The van der Waals surface area contributed by atoms with Crippen LogP contribution < -0.4 is 14.8 Å². The monoisotopic (exact) mass is 402 g/mol. The Bertz CT molecular complexity index is 1160. The molecule has 1 amide bonds. The lowest BCUT2D eigenvalue weighted by atomic mass is 10.1. The number of nitrogens with zero attached hydrogens (tertiary/aromatic N) is 3. The molecule has 4 aromatic rings. The highest BCUT2D eigenvalue weighted by Crippen LogP contribution is 2.25. The van der Waals surface area contributed by atoms with E-state index in [2.05, 4.69) is 15.5 Å². The lowest BCUT2D eigenvalue weighted by Gasteiger charge is -2.11. The molecule has 4 rings (SSSR count). The van der Waals surface area contributed by atoms with E-state index in [1.54, 1.807) is 18.2 Å². The number of hydrogen-bond acceptors (Lipinski definition) is 5. The number of fused-ring (bicyclic) bond motifs is 1. The first-order valence-electron chi connectivity index (χ1n) is 9.80. The molecule has 7 heteroatoms. The third-order valence-corrected chi connectivity index (χ3v) is 4.46. The normalized spacial score (nSPS) is 10.7. The second kappa shape index (κ2) is 8.65. The molecule has 0 unspecified atom stereocenters. The third kappa shape index (κ3) is 4.10. The SMILES string of the molecule is CCOc1cc(OCC)cc(C(=O)Nc2cccc(-c3nnc4ccccn34)c2)c1. The minimum absolute atomic E-state index is 0.249. The number of amides is 1. The predicted octanol–water partition coefficient (Wildman–Crippen LogP) is 4.45. The van der Waals surface area contributed by atoms with Gasteiger partial charge in [-0.15, -0.1) is 10.2 Å². The molecule has 0 saturated heterocycles. The van der Waals surface area contributed by atoms with Crippen molar-refractivity contribution in [2.45, 2.75) is 13.8 Å². The maximum absolute atomic E-state index is 12.9. The second-order valence-electron chi connectivity index (χ2n) is 6.55. The molecule has 0 bridgehead atoms. The van der Waals surface area contributed by atoms with Gasteiger partial charge >= 0.3 is 0 Å². The summed E-state index contributed by atoms with van der Waals surface area (Å²) in [5, 5.41) is 11.4. The van der Waals surface area contributed by atoms with Gasteiger partial charge in [0.05, 0.1) is 13.2 Å². The molecular weight excluding hydrogens is 380 g/mol. The van der Waals surface area contributed by atoms with Gasteiger partial charge in [-0.2, -0.15) is 0 Å². The maximum Gasteiger partial charge on any atom is 0.255 e. The van der Waals surface area contributed by atoms with E-state index >= 15 is 0 Å². The molecule has 30 heavy (non-hydrogen) atoms. The highest BCUT2D eigenvalue weighted by atomic mass is 16.5. The number of carbonyl (C=O) groups excluding carboxylic acids is 1. The van der Waals surface area contributed by atoms with Gasteiger partial charge in [0, 0.05) is 29.1 Å². The average Bonchev–Trinajstić information content (AvgIpc) is 3.18. The fraction of sp³-hybridized carbons (Fsp3) is 0.174. The Morgan fingerprint density at radius 2 is 1.70 bits per heavy atom. The minimum Gasteiger partial charge on any atom is -0.494 e. The zero-order valence-electron chi connectivity index (χ0n) is 16.8. The lowest BCUT2D eigenvalue weighted by molar-refractivity contribution is 0.102. The van der Waals surface area contributed by atoms with E-state index in [9.17, 15) is 4.79 Å². The number of benzene rings is 2. The number of hydrogen-bond donors (Lipinski definition) is 1. The number of nitrogens with one attached hydrogen (secondary N) is 1. The standard InChI is InChI=1S/C23H22N4O3/c1-3-29-19-13-17(14-20(15-19)30-4-2)23(28)24-18-9-7-8-16(12-18)22-26-25-21-10-5-6-11-27(21)22/h5-15H,3-4H2,1-2H3,(H,24,28). The van der Waals surface area contributed by atoms with Gasteiger partial charge in [-0.05, 0) is 50.2 Å². The summed E-state index contributed by atoms with van der Waals surface area (Å²) in [4.78, 5) is 12.9.